The fraction of sp³-hybridized carbons (Fsp3) is 0.333. The molecule has 1 amide bonds. The first-order valence-corrected chi connectivity index (χ1v) is 11.4. The highest BCUT2D eigenvalue weighted by atomic mass is 19.1. The van der Waals surface area contributed by atoms with E-state index in [1.54, 1.807) is 10.7 Å². The zero-order valence-electron chi connectivity index (χ0n) is 18.9. The highest BCUT2D eigenvalue weighted by Crippen LogP contribution is 2.56. The van der Waals surface area contributed by atoms with Crippen LogP contribution in [0.2, 0.25) is 0 Å². The van der Waals surface area contributed by atoms with Crippen molar-refractivity contribution in [3.63, 3.8) is 0 Å². The first-order valence-electron chi connectivity index (χ1n) is 11.4. The Morgan fingerprint density at radius 1 is 1.27 bits per heavy atom. The van der Waals surface area contributed by atoms with Gasteiger partial charge in [-0.15, -0.1) is 0 Å². The second-order valence-electron chi connectivity index (χ2n) is 9.63. The zero-order chi connectivity index (χ0) is 23.4. The number of carbonyl (C=O) groups excluding carboxylic acids is 1. The number of nitrogens with zero attached hydrogens (tertiary/aromatic N) is 2. The third-order valence-corrected chi connectivity index (χ3v) is 7.75. The molecule has 0 bridgehead atoms. The summed E-state index contributed by atoms with van der Waals surface area (Å²) >= 11 is 0. The SMILES string of the molecule is Cc1cccc(CC[C@]2(O)CCC3=Cc4c(cnn4-c4cccc(F)c4)C[C@@]32C)c1C(N)=O. The van der Waals surface area contributed by atoms with Crippen molar-refractivity contribution in [2.24, 2.45) is 11.1 Å². The Morgan fingerprint density at radius 2 is 2.06 bits per heavy atom. The first-order chi connectivity index (χ1) is 15.7. The second kappa shape index (κ2) is 7.66. The summed E-state index contributed by atoms with van der Waals surface area (Å²) < 4.78 is 15.6. The number of aliphatic hydroxyl groups is 1. The number of carbonyl (C=O) groups is 1. The van der Waals surface area contributed by atoms with Crippen molar-refractivity contribution in [2.75, 3.05) is 0 Å². The fourth-order valence-corrected chi connectivity index (χ4v) is 5.77. The molecule has 1 fully saturated rings. The lowest BCUT2D eigenvalue weighted by molar-refractivity contribution is -0.0461. The van der Waals surface area contributed by atoms with Crippen molar-refractivity contribution in [1.29, 1.82) is 0 Å². The van der Waals surface area contributed by atoms with Gasteiger partial charge in [-0.05, 0) is 80.0 Å². The summed E-state index contributed by atoms with van der Waals surface area (Å²) in [5, 5.41) is 16.4. The number of halogens is 1. The van der Waals surface area contributed by atoms with E-state index in [1.165, 1.54) is 17.7 Å². The summed E-state index contributed by atoms with van der Waals surface area (Å²) in [5.74, 6) is -0.729. The van der Waals surface area contributed by atoms with E-state index in [0.717, 1.165) is 28.8 Å². The van der Waals surface area contributed by atoms with Crippen molar-refractivity contribution in [3.8, 4) is 5.69 Å². The molecule has 0 saturated heterocycles. The number of aromatic nitrogens is 2. The lowest BCUT2D eigenvalue weighted by Gasteiger charge is -2.42. The molecule has 2 aliphatic carbocycles. The molecule has 3 N–H and O–H groups in total. The Labute approximate surface area is 192 Å². The van der Waals surface area contributed by atoms with Gasteiger partial charge in [0.1, 0.15) is 5.82 Å². The fourth-order valence-electron chi connectivity index (χ4n) is 5.77. The average Bonchev–Trinajstić information content (AvgIpc) is 3.28. The van der Waals surface area contributed by atoms with Crippen LogP contribution in [-0.2, 0) is 12.8 Å². The topological polar surface area (TPSA) is 81.1 Å². The van der Waals surface area contributed by atoms with Gasteiger partial charge in [-0.25, -0.2) is 9.07 Å². The molecular weight excluding hydrogens is 417 g/mol. The Morgan fingerprint density at radius 3 is 2.82 bits per heavy atom. The summed E-state index contributed by atoms with van der Waals surface area (Å²) in [5.41, 5.74) is 10.5. The van der Waals surface area contributed by atoms with E-state index in [4.69, 9.17) is 5.73 Å². The van der Waals surface area contributed by atoms with Gasteiger partial charge < -0.3 is 10.8 Å². The van der Waals surface area contributed by atoms with E-state index in [2.05, 4.69) is 18.1 Å². The molecule has 0 radical (unpaired) electrons. The zero-order valence-corrected chi connectivity index (χ0v) is 18.9. The van der Waals surface area contributed by atoms with Crippen LogP contribution >= 0.6 is 0 Å². The van der Waals surface area contributed by atoms with Gasteiger partial charge in [0, 0.05) is 11.0 Å². The Kier molecular flexibility index (Phi) is 5.01. The number of rotatable bonds is 5. The Hall–Kier alpha value is -3.25. The molecule has 33 heavy (non-hydrogen) atoms. The van der Waals surface area contributed by atoms with Crippen LogP contribution in [0.25, 0.3) is 11.8 Å². The summed E-state index contributed by atoms with van der Waals surface area (Å²) in [6.07, 6.45) is 7.17. The number of benzene rings is 2. The van der Waals surface area contributed by atoms with Crippen molar-refractivity contribution >= 4 is 12.0 Å². The maximum absolute atomic E-state index is 13.8. The molecule has 2 atom stereocenters. The van der Waals surface area contributed by atoms with Crippen LogP contribution in [0.15, 0.2) is 54.2 Å². The van der Waals surface area contributed by atoms with Crippen LogP contribution in [0.4, 0.5) is 4.39 Å². The molecule has 5 rings (SSSR count). The quantitative estimate of drug-likeness (QED) is 0.606. The molecule has 0 unspecified atom stereocenters. The minimum absolute atomic E-state index is 0.299. The molecular formula is C27H28FN3O2. The highest BCUT2D eigenvalue weighted by Gasteiger charge is 2.54. The van der Waals surface area contributed by atoms with Crippen molar-refractivity contribution in [3.05, 3.63) is 88.0 Å². The van der Waals surface area contributed by atoms with Crippen molar-refractivity contribution < 1.29 is 14.3 Å². The van der Waals surface area contributed by atoms with Gasteiger partial charge in [-0.1, -0.05) is 36.8 Å². The summed E-state index contributed by atoms with van der Waals surface area (Å²) in [6.45, 7) is 4.01. The van der Waals surface area contributed by atoms with E-state index >= 15 is 0 Å². The molecule has 2 aliphatic rings. The minimum Gasteiger partial charge on any atom is -0.389 e. The molecule has 5 nitrogen and oxygen atoms in total. The maximum Gasteiger partial charge on any atom is 0.249 e. The minimum atomic E-state index is -0.907. The van der Waals surface area contributed by atoms with E-state index in [-0.39, 0.29) is 5.82 Å². The van der Waals surface area contributed by atoms with Crippen molar-refractivity contribution in [2.45, 2.75) is 51.6 Å². The van der Waals surface area contributed by atoms with Gasteiger partial charge in [-0.3, -0.25) is 4.79 Å². The number of aryl methyl sites for hydroxylation is 2. The Bertz CT molecular complexity index is 1290. The predicted molar refractivity (Wildman–Crippen MR) is 126 cm³/mol. The van der Waals surface area contributed by atoms with Gasteiger partial charge in [0.2, 0.25) is 5.91 Å². The predicted octanol–water partition coefficient (Wildman–Crippen LogP) is 4.52. The van der Waals surface area contributed by atoms with E-state index in [0.29, 0.717) is 36.9 Å². The molecule has 6 heteroatoms. The molecule has 3 aromatic rings. The normalized spacial score (nSPS) is 23.7. The van der Waals surface area contributed by atoms with Crippen LogP contribution in [0.3, 0.4) is 0 Å². The van der Waals surface area contributed by atoms with Crippen LogP contribution in [0, 0.1) is 18.2 Å². The summed E-state index contributed by atoms with van der Waals surface area (Å²) in [6, 6.07) is 12.1. The molecule has 2 aromatic carbocycles. The first kappa shape index (κ1) is 21.6. The summed E-state index contributed by atoms with van der Waals surface area (Å²) in [4.78, 5) is 12.0. The molecule has 1 heterocycles. The standard InChI is InChI=1S/C27H28FN3O2/c1-17-5-3-6-18(24(17)25(29)32)9-11-27(33)12-10-20-13-23-19(15-26(20,27)2)16-30-31(23)22-8-4-7-21(28)14-22/h3-8,13-14,16,33H,9-12,15H2,1-2H3,(H2,29,32)/t26-,27-/m0/s1. The molecule has 0 aliphatic heterocycles. The van der Waals surface area contributed by atoms with E-state index in [1.807, 2.05) is 37.4 Å². The van der Waals surface area contributed by atoms with Gasteiger partial charge in [0.15, 0.2) is 0 Å². The monoisotopic (exact) mass is 445 g/mol. The van der Waals surface area contributed by atoms with E-state index in [9.17, 15) is 14.3 Å². The number of primary amides is 1. The smallest absolute Gasteiger partial charge is 0.249 e. The Balaban J connectivity index is 1.45. The third-order valence-electron chi connectivity index (χ3n) is 7.75. The van der Waals surface area contributed by atoms with Gasteiger partial charge in [0.05, 0.1) is 23.2 Å². The number of nitrogens with two attached hydrogens (primary N) is 1. The molecule has 170 valence electrons. The van der Waals surface area contributed by atoms with Gasteiger partial charge in [-0.2, -0.15) is 5.10 Å². The van der Waals surface area contributed by atoms with Crippen LogP contribution in [-0.4, -0.2) is 26.4 Å². The number of fused-ring (bicyclic) bond motifs is 2. The average molecular weight is 446 g/mol. The van der Waals surface area contributed by atoms with Gasteiger partial charge >= 0.3 is 0 Å². The lowest BCUT2D eigenvalue weighted by Crippen LogP contribution is -2.45. The van der Waals surface area contributed by atoms with E-state index < -0.39 is 16.9 Å². The second-order valence-corrected chi connectivity index (χ2v) is 9.63. The highest BCUT2D eigenvalue weighted by molar-refractivity contribution is 5.95. The van der Waals surface area contributed by atoms with Crippen LogP contribution in [0.1, 0.15) is 58.9 Å². The number of hydrogen-bond acceptors (Lipinski definition) is 3. The lowest BCUT2D eigenvalue weighted by atomic mass is 9.65. The maximum atomic E-state index is 13.8. The van der Waals surface area contributed by atoms with Crippen LogP contribution in [0.5, 0.6) is 0 Å². The van der Waals surface area contributed by atoms with Gasteiger partial charge in [0.25, 0.3) is 0 Å². The number of amides is 1. The molecule has 1 aromatic heterocycles. The van der Waals surface area contributed by atoms with Crippen LogP contribution < -0.4 is 5.73 Å². The van der Waals surface area contributed by atoms with Crippen molar-refractivity contribution in [1.82, 2.24) is 9.78 Å². The summed E-state index contributed by atoms with van der Waals surface area (Å²) in [7, 11) is 0. The number of hydrogen-bond donors (Lipinski definition) is 2. The largest absolute Gasteiger partial charge is 0.389 e. The third kappa shape index (κ3) is 3.40. The molecule has 0 spiro atoms. The molecule has 1 saturated carbocycles.